The van der Waals surface area contributed by atoms with Crippen LogP contribution in [0.15, 0.2) is 11.4 Å². The van der Waals surface area contributed by atoms with Crippen molar-refractivity contribution in [3.05, 3.63) is 21.9 Å². The number of hydrogen-bond acceptors (Lipinski definition) is 3. The van der Waals surface area contributed by atoms with E-state index in [4.69, 9.17) is 4.74 Å². The molecule has 1 fully saturated rings. The molecule has 0 radical (unpaired) electrons. The van der Waals surface area contributed by atoms with Gasteiger partial charge in [0, 0.05) is 22.9 Å². The van der Waals surface area contributed by atoms with Crippen LogP contribution in [-0.2, 0) is 4.74 Å². The largest absolute Gasteiger partial charge is 0.370 e. The lowest BCUT2D eigenvalue weighted by Gasteiger charge is -2.37. The van der Waals surface area contributed by atoms with Crippen molar-refractivity contribution >= 4 is 17.1 Å². The molecule has 1 heterocycles. The lowest BCUT2D eigenvalue weighted by molar-refractivity contribution is -0.0302. The van der Waals surface area contributed by atoms with E-state index >= 15 is 0 Å². The summed E-state index contributed by atoms with van der Waals surface area (Å²) in [5, 5.41) is 1.96. The van der Waals surface area contributed by atoms with Crippen LogP contribution >= 0.6 is 11.3 Å². The molecule has 1 aliphatic rings. The standard InChI is InChI=1S/C14H20O2S/c1-10-5-4-6-14(8-10,16-3)13(15)12-7-11(2)17-9-12/h7,9-10H,4-6,8H2,1-3H3. The third-order valence-corrected chi connectivity index (χ3v) is 4.61. The van der Waals surface area contributed by atoms with E-state index in [1.807, 2.05) is 18.4 Å². The maximum absolute atomic E-state index is 12.6. The number of methoxy groups -OCH3 is 1. The number of ether oxygens (including phenoxy) is 1. The Balaban J connectivity index is 2.25. The van der Waals surface area contributed by atoms with Crippen LogP contribution in [-0.4, -0.2) is 18.5 Å². The van der Waals surface area contributed by atoms with E-state index in [-0.39, 0.29) is 5.78 Å². The zero-order valence-corrected chi connectivity index (χ0v) is 11.6. The average Bonchev–Trinajstić information content (AvgIpc) is 2.74. The highest BCUT2D eigenvalue weighted by atomic mass is 32.1. The zero-order valence-electron chi connectivity index (χ0n) is 10.8. The van der Waals surface area contributed by atoms with Gasteiger partial charge in [-0.2, -0.15) is 0 Å². The number of rotatable bonds is 3. The molecule has 1 aromatic heterocycles. The van der Waals surface area contributed by atoms with Crippen LogP contribution in [0.2, 0.25) is 0 Å². The average molecular weight is 252 g/mol. The molecule has 0 amide bonds. The third-order valence-electron chi connectivity index (χ3n) is 3.75. The van der Waals surface area contributed by atoms with Crippen molar-refractivity contribution in [2.45, 2.75) is 45.1 Å². The highest BCUT2D eigenvalue weighted by molar-refractivity contribution is 7.10. The number of thiophene rings is 1. The fourth-order valence-electron chi connectivity index (χ4n) is 2.81. The van der Waals surface area contributed by atoms with Crippen LogP contribution in [0.3, 0.4) is 0 Å². The van der Waals surface area contributed by atoms with E-state index in [1.165, 1.54) is 11.3 Å². The Hall–Kier alpha value is -0.670. The predicted molar refractivity (Wildman–Crippen MR) is 70.8 cm³/mol. The first-order valence-electron chi connectivity index (χ1n) is 6.22. The molecule has 0 aliphatic heterocycles. The number of carbonyl (C=O) groups is 1. The first kappa shape index (κ1) is 12.8. The smallest absolute Gasteiger partial charge is 0.195 e. The highest BCUT2D eigenvalue weighted by Crippen LogP contribution is 2.37. The Bertz CT molecular complexity index is 410. The van der Waals surface area contributed by atoms with Crippen LogP contribution in [0.4, 0.5) is 0 Å². The monoisotopic (exact) mass is 252 g/mol. The van der Waals surface area contributed by atoms with Crippen LogP contribution in [0.25, 0.3) is 0 Å². The first-order chi connectivity index (χ1) is 8.07. The molecule has 1 saturated carbocycles. The minimum atomic E-state index is -0.564. The Morgan fingerprint density at radius 3 is 2.88 bits per heavy atom. The van der Waals surface area contributed by atoms with Gasteiger partial charge in [-0.3, -0.25) is 4.79 Å². The first-order valence-corrected chi connectivity index (χ1v) is 7.10. The van der Waals surface area contributed by atoms with Gasteiger partial charge in [0.15, 0.2) is 5.78 Å². The minimum Gasteiger partial charge on any atom is -0.370 e. The predicted octanol–water partition coefficient (Wildman–Crippen LogP) is 3.83. The second-order valence-corrected chi connectivity index (χ2v) is 6.29. The molecule has 0 saturated heterocycles. The summed E-state index contributed by atoms with van der Waals surface area (Å²) in [6.45, 7) is 4.24. The lowest BCUT2D eigenvalue weighted by atomic mass is 9.75. The quantitative estimate of drug-likeness (QED) is 0.764. The molecule has 0 N–H and O–H groups in total. The second kappa shape index (κ2) is 4.91. The van der Waals surface area contributed by atoms with Gasteiger partial charge in [0.25, 0.3) is 0 Å². The van der Waals surface area contributed by atoms with Gasteiger partial charge in [0.2, 0.25) is 0 Å². The lowest BCUT2D eigenvalue weighted by Crippen LogP contribution is -2.44. The topological polar surface area (TPSA) is 26.3 Å². The van der Waals surface area contributed by atoms with Crippen LogP contribution < -0.4 is 0 Å². The molecule has 3 heteroatoms. The Labute approximate surface area is 107 Å². The molecule has 94 valence electrons. The summed E-state index contributed by atoms with van der Waals surface area (Å²) in [6.07, 6.45) is 4.02. The number of hydrogen-bond donors (Lipinski definition) is 0. The fourth-order valence-corrected chi connectivity index (χ4v) is 3.50. The van der Waals surface area contributed by atoms with Gasteiger partial charge >= 0.3 is 0 Å². The SMILES string of the molecule is COC1(C(=O)c2csc(C)c2)CCCC(C)C1. The molecular weight excluding hydrogens is 232 g/mol. The molecular formula is C14H20O2S. The Morgan fingerprint density at radius 1 is 1.59 bits per heavy atom. The van der Waals surface area contributed by atoms with Crippen molar-refractivity contribution in [3.63, 3.8) is 0 Å². The molecule has 2 rings (SSSR count). The normalized spacial score (nSPS) is 29.2. The summed E-state index contributed by atoms with van der Waals surface area (Å²) in [6, 6.07) is 1.98. The maximum Gasteiger partial charge on any atom is 0.195 e. The van der Waals surface area contributed by atoms with Crippen LogP contribution in [0.5, 0.6) is 0 Å². The van der Waals surface area contributed by atoms with Crippen molar-refractivity contribution in [3.8, 4) is 0 Å². The van der Waals surface area contributed by atoms with Gasteiger partial charge in [0.05, 0.1) is 0 Å². The second-order valence-electron chi connectivity index (χ2n) is 5.18. The number of Topliss-reactive ketones (excluding diaryl/α,β-unsaturated/α-hetero) is 1. The van der Waals surface area contributed by atoms with Gasteiger partial charge < -0.3 is 4.74 Å². The highest BCUT2D eigenvalue weighted by Gasteiger charge is 2.42. The zero-order chi connectivity index (χ0) is 12.5. The Kier molecular flexibility index (Phi) is 3.69. The summed E-state index contributed by atoms with van der Waals surface area (Å²) in [4.78, 5) is 13.8. The van der Waals surface area contributed by atoms with Gasteiger partial charge in [-0.15, -0.1) is 11.3 Å². The van der Waals surface area contributed by atoms with Crippen molar-refractivity contribution in [2.24, 2.45) is 5.92 Å². The van der Waals surface area contributed by atoms with Gasteiger partial charge in [-0.1, -0.05) is 13.3 Å². The third kappa shape index (κ3) is 2.45. The minimum absolute atomic E-state index is 0.177. The molecule has 1 aromatic rings. The molecule has 0 bridgehead atoms. The van der Waals surface area contributed by atoms with Gasteiger partial charge in [0.1, 0.15) is 5.60 Å². The van der Waals surface area contributed by atoms with Gasteiger partial charge in [-0.25, -0.2) is 0 Å². The molecule has 0 aromatic carbocycles. The van der Waals surface area contributed by atoms with Crippen molar-refractivity contribution in [1.29, 1.82) is 0 Å². The van der Waals surface area contributed by atoms with E-state index in [9.17, 15) is 4.79 Å². The number of ketones is 1. The summed E-state index contributed by atoms with van der Waals surface area (Å²) >= 11 is 1.63. The molecule has 2 nitrogen and oxygen atoms in total. The molecule has 2 unspecified atom stereocenters. The van der Waals surface area contributed by atoms with Gasteiger partial charge in [-0.05, 0) is 38.2 Å². The summed E-state index contributed by atoms with van der Waals surface area (Å²) < 4.78 is 5.63. The van der Waals surface area contributed by atoms with Crippen molar-refractivity contribution in [1.82, 2.24) is 0 Å². The van der Waals surface area contributed by atoms with Crippen LogP contribution in [0.1, 0.15) is 47.8 Å². The number of aryl methyl sites for hydroxylation is 1. The van der Waals surface area contributed by atoms with E-state index in [2.05, 4.69) is 6.92 Å². The molecule has 2 atom stereocenters. The maximum atomic E-state index is 12.6. The Morgan fingerprint density at radius 2 is 2.35 bits per heavy atom. The van der Waals surface area contributed by atoms with Crippen LogP contribution in [0, 0.1) is 12.8 Å². The summed E-state index contributed by atoms with van der Waals surface area (Å²) in [5.41, 5.74) is 0.258. The van der Waals surface area contributed by atoms with E-state index in [1.54, 1.807) is 18.4 Å². The van der Waals surface area contributed by atoms with Crippen molar-refractivity contribution < 1.29 is 9.53 Å². The summed E-state index contributed by atoms with van der Waals surface area (Å²) in [5.74, 6) is 0.753. The summed E-state index contributed by atoms with van der Waals surface area (Å²) in [7, 11) is 1.68. The van der Waals surface area contributed by atoms with E-state index in [0.717, 1.165) is 24.8 Å². The molecule has 17 heavy (non-hydrogen) atoms. The van der Waals surface area contributed by atoms with E-state index in [0.29, 0.717) is 5.92 Å². The molecule has 1 aliphatic carbocycles. The van der Waals surface area contributed by atoms with E-state index < -0.39 is 5.60 Å². The van der Waals surface area contributed by atoms with Crippen molar-refractivity contribution in [2.75, 3.05) is 7.11 Å². The molecule has 0 spiro atoms. The number of carbonyl (C=O) groups excluding carboxylic acids is 1. The fraction of sp³-hybridized carbons (Fsp3) is 0.643.